The molecular weight excluding hydrogens is 379 g/mol. The third-order valence-corrected chi connectivity index (χ3v) is 7.44. The molecule has 0 atom stereocenters. The SMILES string of the molecule is Cc1cccc2c1N(C(=O)c1ccc(F)c(S(=O)(=O)N3CCCC3)c1)CCC2. The Morgan fingerprint density at radius 2 is 1.79 bits per heavy atom. The van der Waals surface area contributed by atoms with E-state index >= 15 is 0 Å². The van der Waals surface area contributed by atoms with Crippen LogP contribution in [-0.4, -0.2) is 38.3 Å². The fraction of sp³-hybridized carbons (Fsp3) is 0.381. The maximum atomic E-state index is 14.4. The summed E-state index contributed by atoms with van der Waals surface area (Å²) in [5.41, 5.74) is 3.17. The van der Waals surface area contributed by atoms with Gasteiger partial charge in [0.2, 0.25) is 10.0 Å². The third-order valence-electron chi connectivity index (χ3n) is 5.53. The van der Waals surface area contributed by atoms with Crippen LogP contribution < -0.4 is 4.90 Å². The number of amides is 1. The quantitative estimate of drug-likeness (QED) is 0.789. The van der Waals surface area contributed by atoms with Crippen molar-refractivity contribution >= 4 is 21.6 Å². The number of benzene rings is 2. The molecule has 2 aliphatic rings. The van der Waals surface area contributed by atoms with E-state index in [-0.39, 0.29) is 11.5 Å². The highest BCUT2D eigenvalue weighted by molar-refractivity contribution is 7.89. The van der Waals surface area contributed by atoms with Crippen molar-refractivity contribution < 1.29 is 17.6 Å². The van der Waals surface area contributed by atoms with Gasteiger partial charge in [-0.15, -0.1) is 0 Å². The van der Waals surface area contributed by atoms with Gasteiger partial charge in [-0.05, 0) is 61.9 Å². The lowest BCUT2D eigenvalue weighted by molar-refractivity contribution is 0.0984. The van der Waals surface area contributed by atoms with Gasteiger partial charge in [-0.25, -0.2) is 12.8 Å². The Hall–Kier alpha value is -2.25. The van der Waals surface area contributed by atoms with Crippen molar-refractivity contribution in [3.63, 3.8) is 0 Å². The molecule has 0 unspecified atom stereocenters. The van der Waals surface area contributed by atoms with E-state index in [4.69, 9.17) is 0 Å². The Morgan fingerprint density at radius 3 is 2.54 bits per heavy atom. The molecule has 0 spiro atoms. The smallest absolute Gasteiger partial charge is 0.258 e. The van der Waals surface area contributed by atoms with E-state index in [2.05, 4.69) is 0 Å². The van der Waals surface area contributed by atoms with Crippen LogP contribution in [0.1, 0.15) is 40.7 Å². The van der Waals surface area contributed by atoms with Crippen LogP contribution in [0.25, 0.3) is 0 Å². The zero-order valence-electron chi connectivity index (χ0n) is 15.8. The first kappa shape index (κ1) is 19.1. The van der Waals surface area contributed by atoms with Gasteiger partial charge in [0.15, 0.2) is 0 Å². The van der Waals surface area contributed by atoms with Crippen molar-refractivity contribution in [2.24, 2.45) is 0 Å². The number of hydrogen-bond acceptors (Lipinski definition) is 3. The molecule has 2 aromatic carbocycles. The zero-order chi connectivity index (χ0) is 19.9. The van der Waals surface area contributed by atoms with Gasteiger partial charge in [0.25, 0.3) is 5.91 Å². The molecule has 0 N–H and O–H groups in total. The summed E-state index contributed by atoms with van der Waals surface area (Å²) in [6.07, 6.45) is 3.27. The molecule has 2 aromatic rings. The van der Waals surface area contributed by atoms with Crippen molar-refractivity contribution in [1.29, 1.82) is 0 Å². The minimum absolute atomic E-state index is 0.190. The fourth-order valence-electron chi connectivity index (χ4n) is 4.11. The Balaban J connectivity index is 1.73. The number of rotatable bonds is 3. The average Bonchev–Trinajstić information content (AvgIpc) is 3.23. The first-order valence-electron chi connectivity index (χ1n) is 9.59. The number of carbonyl (C=O) groups is 1. The van der Waals surface area contributed by atoms with Crippen LogP contribution in [0.4, 0.5) is 10.1 Å². The van der Waals surface area contributed by atoms with Gasteiger partial charge in [-0.2, -0.15) is 4.31 Å². The van der Waals surface area contributed by atoms with Gasteiger partial charge in [0.1, 0.15) is 10.7 Å². The first-order valence-corrected chi connectivity index (χ1v) is 11.0. The molecule has 2 aliphatic heterocycles. The minimum atomic E-state index is -3.94. The standard InChI is InChI=1S/C21H23FN2O3S/c1-15-6-4-7-16-8-5-13-24(20(15)16)21(25)17-9-10-18(22)19(14-17)28(26,27)23-11-2-3-12-23/h4,6-7,9-10,14H,2-3,5,8,11-13H2,1H3. The molecule has 28 heavy (non-hydrogen) atoms. The Kier molecular flexibility index (Phi) is 4.97. The van der Waals surface area contributed by atoms with Crippen molar-refractivity contribution in [3.05, 3.63) is 58.9 Å². The second-order valence-corrected chi connectivity index (χ2v) is 9.31. The molecule has 7 heteroatoms. The largest absolute Gasteiger partial charge is 0.308 e. The number of sulfonamides is 1. The summed E-state index contributed by atoms with van der Waals surface area (Å²) in [7, 11) is -3.94. The molecule has 5 nitrogen and oxygen atoms in total. The van der Waals surface area contributed by atoms with Crippen molar-refractivity contribution in [1.82, 2.24) is 4.31 Å². The van der Waals surface area contributed by atoms with Crippen LogP contribution in [0.5, 0.6) is 0 Å². The van der Waals surface area contributed by atoms with Crippen molar-refractivity contribution in [3.8, 4) is 0 Å². The van der Waals surface area contributed by atoms with E-state index < -0.39 is 20.7 Å². The lowest BCUT2D eigenvalue weighted by Crippen LogP contribution is -2.36. The van der Waals surface area contributed by atoms with Gasteiger partial charge in [0, 0.05) is 25.2 Å². The lowest BCUT2D eigenvalue weighted by atomic mass is 9.97. The number of hydrogen-bond donors (Lipinski definition) is 0. The average molecular weight is 402 g/mol. The maximum Gasteiger partial charge on any atom is 0.258 e. The summed E-state index contributed by atoms with van der Waals surface area (Å²) < 4.78 is 41.3. The van der Waals surface area contributed by atoms with E-state index in [0.717, 1.165) is 48.6 Å². The lowest BCUT2D eigenvalue weighted by Gasteiger charge is -2.31. The Morgan fingerprint density at radius 1 is 1.04 bits per heavy atom. The highest BCUT2D eigenvalue weighted by Crippen LogP contribution is 2.32. The summed E-state index contributed by atoms with van der Waals surface area (Å²) >= 11 is 0. The third kappa shape index (κ3) is 3.22. The van der Waals surface area contributed by atoms with Crippen molar-refractivity contribution in [2.45, 2.75) is 37.5 Å². The maximum absolute atomic E-state index is 14.4. The molecule has 0 aliphatic carbocycles. The molecule has 0 saturated carbocycles. The van der Waals surface area contributed by atoms with E-state index in [0.29, 0.717) is 19.6 Å². The van der Waals surface area contributed by atoms with Crippen LogP contribution >= 0.6 is 0 Å². The number of carbonyl (C=O) groups excluding carboxylic acids is 1. The molecule has 0 bridgehead atoms. The monoisotopic (exact) mass is 402 g/mol. The van der Waals surface area contributed by atoms with Gasteiger partial charge in [0.05, 0.1) is 5.69 Å². The number of para-hydroxylation sites is 1. The summed E-state index contributed by atoms with van der Waals surface area (Å²) in [6.45, 7) is 3.29. The summed E-state index contributed by atoms with van der Waals surface area (Å²) in [5, 5.41) is 0. The molecule has 148 valence electrons. The number of anilines is 1. The predicted molar refractivity (Wildman–Crippen MR) is 106 cm³/mol. The number of nitrogens with zero attached hydrogens (tertiary/aromatic N) is 2. The molecule has 1 fully saturated rings. The van der Waals surface area contributed by atoms with E-state index in [9.17, 15) is 17.6 Å². The highest BCUT2D eigenvalue weighted by Gasteiger charge is 2.32. The first-order chi connectivity index (χ1) is 13.4. The molecule has 2 heterocycles. The molecule has 1 saturated heterocycles. The zero-order valence-corrected chi connectivity index (χ0v) is 16.6. The fourth-order valence-corrected chi connectivity index (χ4v) is 5.72. The Bertz CT molecular complexity index is 1030. The second kappa shape index (κ2) is 7.29. The van der Waals surface area contributed by atoms with Gasteiger partial charge in [-0.3, -0.25) is 4.79 Å². The van der Waals surface area contributed by atoms with Crippen LogP contribution in [0.2, 0.25) is 0 Å². The minimum Gasteiger partial charge on any atom is -0.308 e. The summed E-state index contributed by atoms with van der Waals surface area (Å²) in [4.78, 5) is 14.5. The van der Waals surface area contributed by atoms with E-state index in [1.807, 2.05) is 25.1 Å². The molecule has 1 amide bonds. The summed E-state index contributed by atoms with van der Waals surface area (Å²) in [5.74, 6) is -1.12. The molecule has 0 aromatic heterocycles. The van der Waals surface area contributed by atoms with Crippen LogP contribution in [0, 0.1) is 12.7 Å². The summed E-state index contributed by atoms with van der Waals surface area (Å²) in [6, 6.07) is 9.58. The van der Waals surface area contributed by atoms with Crippen LogP contribution in [-0.2, 0) is 16.4 Å². The van der Waals surface area contributed by atoms with Crippen molar-refractivity contribution in [2.75, 3.05) is 24.5 Å². The van der Waals surface area contributed by atoms with E-state index in [1.54, 1.807) is 4.90 Å². The number of halogens is 1. The number of fused-ring (bicyclic) bond motifs is 1. The van der Waals surface area contributed by atoms with Crippen LogP contribution in [0.3, 0.4) is 0 Å². The van der Waals surface area contributed by atoms with Gasteiger partial charge < -0.3 is 4.90 Å². The molecule has 0 radical (unpaired) electrons. The highest BCUT2D eigenvalue weighted by atomic mass is 32.2. The number of aryl methyl sites for hydroxylation is 2. The Labute approximate surface area is 164 Å². The topological polar surface area (TPSA) is 57.7 Å². The van der Waals surface area contributed by atoms with E-state index in [1.165, 1.54) is 16.4 Å². The molecular formula is C21H23FN2O3S. The van der Waals surface area contributed by atoms with Crippen LogP contribution in [0.15, 0.2) is 41.3 Å². The normalized spacial score (nSPS) is 17.6. The second-order valence-electron chi connectivity index (χ2n) is 7.40. The van der Waals surface area contributed by atoms with Gasteiger partial charge in [-0.1, -0.05) is 18.2 Å². The molecule has 4 rings (SSSR count). The van der Waals surface area contributed by atoms with Gasteiger partial charge >= 0.3 is 0 Å². The predicted octanol–water partition coefficient (Wildman–Crippen LogP) is 3.51.